The highest BCUT2D eigenvalue weighted by Crippen LogP contribution is 2.44. The first-order valence-corrected chi connectivity index (χ1v) is 8.00. The van der Waals surface area contributed by atoms with Crippen molar-refractivity contribution in [3.8, 4) is 5.75 Å². The van der Waals surface area contributed by atoms with Crippen molar-refractivity contribution in [2.45, 2.75) is 32.9 Å². The summed E-state index contributed by atoms with van der Waals surface area (Å²) in [6.07, 6.45) is 0.853. The molecule has 2 aromatic carbocycles. The number of likely N-dealkylation sites (tertiary alicyclic amines) is 1. The Hall–Kier alpha value is -2.29. The molecule has 1 heterocycles. The van der Waals surface area contributed by atoms with Gasteiger partial charge in [0.05, 0.1) is 13.2 Å². The van der Waals surface area contributed by atoms with Crippen molar-refractivity contribution in [3.05, 3.63) is 65.7 Å². The van der Waals surface area contributed by atoms with Crippen LogP contribution in [0.1, 0.15) is 37.4 Å². The van der Waals surface area contributed by atoms with E-state index < -0.39 is 0 Å². The number of rotatable bonds is 4. The van der Waals surface area contributed by atoms with Gasteiger partial charge in [-0.3, -0.25) is 4.79 Å². The molecule has 1 fully saturated rings. The lowest BCUT2D eigenvalue weighted by molar-refractivity contribution is -0.136. The predicted octanol–water partition coefficient (Wildman–Crippen LogP) is 4.20. The van der Waals surface area contributed by atoms with Crippen LogP contribution >= 0.6 is 0 Å². The summed E-state index contributed by atoms with van der Waals surface area (Å²) in [5, 5.41) is 0. The molecule has 0 radical (unpaired) electrons. The molecule has 0 aliphatic carbocycles. The maximum Gasteiger partial charge on any atom is 0.229 e. The Morgan fingerprint density at radius 3 is 2.35 bits per heavy atom. The van der Waals surface area contributed by atoms with Gasteiger partial charge in [0.15, 0.2) is 0 Å². The lowest BCUT2D eigenvalue weighted by atomic mass is 9.88. The van der Waals surface area contributed by atoms with Crippen LogP contribution in [0, 0.1) is 5.41 Å². The van der Waals surface area contributed by atoms with Gasteiger partial charge in [0.25, 0.3) is 0 Å². The number of nitrogens with zero attached hydrogens (tertiary/aromatic N) is 1. The first kappa shape index (κ1) is 15.6. The molecule has 2 aromatic rings. The first-order valence-electron chi connectivity index (χ1n) is 8.00. The molecular weight excluding hydrogens is 286 g/mol. The minimum absolute atomic E-state index is 0.140. The molecule has 0 N–H and O–H groups in total. The third kappa shape index (κ3) is 3.09. The second-order valence-electron chi connectivity index (χ2n) is 6.80. The number of carbonyl (C=O) groups is 1. The summed E-state index contributed by atoms with van der Waals surface area (Å²) in [5.74, 6) is 1.06. The number of ether oxygens (including phenoxy) is 1. The van der Waals surface area contributed by atoms with E-state index in [1.165, 1.54) is 5.56 Å². The highest BCUT2D eigenvalue weighted by Gasteiger charge is 2.45. The van der Waals surface area contributed by atoms with Crippen LogP contribution in [0.4, 0.5) is 0 Å². The monoisotopic (exact) mass is 309 g/mol. The molecule has 1 saturated heterocycles. The van der Waals surface area contributed by atoms with E-state index in [9.17, 15) is 4.79 Å². The van der Waals surface area contributed by atoms with Crippen molar-refractivity contribution < 1.29 is 9.53 Å². The largest absolute Gasteiger partial charge is 0.497 e. The SMILES string of the molecule is COc1ccc(CN2C(=O)C(C)(C)C[C@@H]2c2ccccc2)cc1. The van der Waals surface area contributed by atoms with E-state index in [1.54, 1.807) is 7.11 Å². The quantitative estimate of drug-likeness (QED) is 0.847. The van der Waals surface area contributed by atoms with Crippen molar-refractivity contribution in [1.82, 2.24) is 4.90 Å². The van der Waals surface area contributed by atoms with Gasteiger partial charge in [-0.1, -0.05) is 56.3 Å². The minimum atomic E-state index is -0.313. The molecule has 1 atom stereocenters. The molecule has 0 bridgehead atoms. The fourth-order valence-electron chi connectivity index (χ4n) is 3.29. The molecule has 0 saturated carbocycles. The van der Waals surface area contributed by atoms with E-state index in [0.717, 1.165) is 17.7 Å². The van der Waals surface area contributed by atoms with Crippen molar-refractivity contribution in [2.75, 3.05) is 7.11 Å². The summed E-state index contributed by atoms with van der Waals surface area (Å²) < 4.78 is 5.20. The van der Waals surface area contributed by atoms with Gasteiger partial charge in [0, 0.05) is 12.0 Å². The van der Waals surface area contributed by atoms with E-state index >= 15 is 0 Å². The van der Waals surface area contributed by atoms with Gasteiger partial charge in [-0.25, -0.2) is 0 Å². The summed E-state index contributed by atoms with van der Waals surface area (Å²) in [6.45, 7) is 4.71. The van der Waals surface area contributed by atoms with Crippen molar-refractivity contribution >= 4 is 5.91 Å². The van der Waals surface area contributed by atoms with Gasteiger partial charge >= 0.3 is 0 Å². The minimum Gasteiger partial charge on any atom is -0.497 e. The van der Waals surface area contributed by atoms with Crippen molar-refractivity contribution in [1.29, 1.82) is 0 Å². The average Bonchev–Trinajstić information content (AvgIpc) is 2.80. The summed E-state index contributed by atoms with van der Waals surface area (Å²) in [5.41, 5.74) is 2.02. The Bertz CT molecular complexity index is 677. The highest BCUT2D eigenvalue weighted by atomic mass is 16.5. The van der Waals surface area contributed by atoms with Crippen LogP contribution in [0.3, 0.4) is 0 Å². The zero-order valence-corrected chi connectivity index (χ0v) is 14.0. The molecule has 1 amide bonds. The van der Waals surface area contributed by atoms with E-state index in [4.69, 9.17) is 4.74 Å². The summed E-state index contributed by atoms with van der Waals surface area (Å²) in [7, 11) is 1.66. The number of amides is 1. The number of carbonyl (C=O) groups excluding carboxylic acids is 1. The topological polar surface area (TPSA) is 29.5 Å². The molecule has 0 aromatic heterocycles. The Balaban J connectivity index is 1.88. The Morgan fingerprint density at radius 1 is 1.09 bits per heavy atom. The maximum atomic E-state index is 12.8. The van der Waals surface area contributed by atoms with Crippen LogP contribution in [-0.4, -0.2) is 17.9 Å². The number of hydrogen-bond acceptors (Lipinski definition) is 2. The molecule has 1 aliphatic heterocycles. The summed E-state index contributed by atoms with van der Waals surface area (Å²) >= 11 is 0. The van der Waals surface area contributed by atoms with Crippen LogP contribution in [0.2, 0.25) is 0 Å². The molecule has 0 unspecified atom stereocenters. The van der Waals surface area contributed by atoms with Gasteiger partial charge in [-0.2, -0.15) is 0 Å². The zero-order valence-electron chi connectivity index (χ0n) is 14.0. The Labute approximate surface area is 137 Å². The summed E-state index contributed by atoms with van der Waals surface area (Å²) in [6, 6.07) is 18.4. The molecule has 120 valence electrons. The normalized spacial score (nSPS) is 19.9. The number of hydrogen-bond donors (Lipinski definition) is 0. The molecule has 1 aliphatic rings. The standard InChI is InChI=1S/C20H23NO2/c1-20(2)13-18(16-7-5-4-6-8-16)21(19(20)22)14-15-9-11-17(23-3)12-10-15/h4-12,18H,13-14H2,1-3H3/t18-/m1/s1. The molecule has 3 heteroatoms. The van der Waals surface area contributed by atoms with Crippen LogP contribution in [0.25, 0.3) is 0 Å². The van der Waals surface area contributed by atoms with Crippen LogP contribution in [0.15, 0.2) is 54.6 Å². The predicted molar refractivity (Wildman–Crippen MR) is 91.1 cm³/mol. The molecule has 3 nitrogen and oxygen atoms in total. The Kier molecular flexibility index (Phi) is 4.12. The van der Waals surface area contributed by atoms with Crippen LogP contribution in [-0.2, 0) is 11.3 Å². The van der Waals surface area contributed by atoms with E-state index in [-0.39, 0.29) is 17.4 Å². The number of methoxy groups -OCH3 is 1. The fraction of sp³-hybridized carbons (Fsp3) is 0.350. The zero-order chi connectivity index (χ0) is 16.4. The average molecular weight is 309 g/mol. The van der Waals surface area contributed by atoms with Gasteiger partial charge in [0.1, 0.15) is 5.75 Å². The van der Waals surface area contributed by atoms with Gasteiger partial charge in [0.2, 0.25) is 5.91 Å². The van der Waals surface area contributed by atoms with Gasteiger partial charge < -0.3 is 9.64 Å². The molecule has 0 spiro atoms. The second-order valence-corrected chi connectivity index (χ2v) is 6.80. The highest BCUT2D eigenvalue weighted by molar-refractivity contribution is 5.84. The summed E-state index contributed by atoms with van der Waals surface area (Å²) in [4.78, 5) is 14.9. The van der Waals surface area contributed by atoms with Gasteiger partial charge in [-0.05, 0) is 29.7 Å². The molecule has 23 heavy (non-hydrogen) atoms. The van der Waals surface area contributed by atoms with E-state index in [1.807, 2.05) is 61.2 Å². The van der Waals surface area contributed by atoms with Gasteiger partial charge in [-0.15, -0.1) is 0 Å². The third-order valence-electron chi connectivity index (χ3n) is 4.62. The van der Waals surface area contributed by atoms with Crippen LogP contribution < -0.4 is 4.74 Å². The van der Waals surface area contributed by atoms with Crippen LogP contribution in [0.5, 0.6) is 5.75 Å². The van der Waals surface area contributed by atoms with Crippen molar-refractivity contribution in [3.63, 3.8) is 0 Å². The molecule has 3 rings (SSSR count). The first-order chi connectivity index (χ1) is 11.0. The second kappa shape index (κ2) is 6.07. The van der Waals surface area contributed by atoms with Crippen molar-refractivity contribution in [2.24, 2.45) is 5.41 Å². The maximum absolute atomic E-state index is 12.8. The fourth-order valence-corrected chi connectivity index (χ4v) is 3.29. The lowest BCUT2D eigenvalue weighted by Gasteiger charge is -2.25. The number of benzene rings is 2. The smallest absolute Gasteiger partial charge is 0.229 e. The van der Waals surface area contributed by atoms with E-state index in [0.29, 0.717) is 6.54 Å². The molecular formula is C20H23NO2. The lowest BCUT2D eigenvalue weighted by Crippen LogP contribution is -2.31. The van der Waals surface area contributed by atoms with E-state index in [2.05, 4.69) is 12.1 Å². The third-order valence-corrected chi connectivity index (χ3v) is 4.62. The Morgan fingerprint density at radius 2 is 1.74 bits per heavy atom.